The van der Waals surface area contributed by atoms with Crippen LogP contribution in [0.5, 0.6) is 0 Å². The third-order valence-corrected chi connectivity index (χ3v) is 6.41. The van der Waals surface area contributed by atoms with Gasteiger partial charge in [0, 0.05) is 36.8 Å². The molecule has 1 N–H and O–H groups in total. The molecule has 0 fully saturated rings. The first kappa shape index (κ1) is 17.2. The second-order valence-corrected chi connectivity index (χ2v) is 9.39. The Balaban J connectivity index is 1.50. The van der Waals surface area contributed by atoms with E-state index >= 15 is 0 Å². The smallest absolute Gasteiger partial charge is 0.0923 e. The Morgan fingerprint density at radius 2 is 1.39 bits per heavy atom. The normalized spacial score (nSPS) is 12.1. The summed E-state index contributed by atoms with van der Waals surface area (Å²) < 4.78 is 2.68. The van der Waals surface area contributed by atoms with E-state index in [0.717, 1.165) is 17.0 Å². The zero-order valence-electron chi connectivity index (χ0n) is 16.3. The minimum atomic E-state index is 0.0743. The first-order valence-electron chi connectivity index (χ1n) is 9.57. The van der Waals surface area contributed by atoms with E-state index < -0.39 is 0 Å². The maximum absolute atomic E-state index is 4.50. The zero-order chi connectivity index (χ0) is 19.3. The fourth-order valence-electron chi connectivity index (χ4n) is 3.59. The topological polar surface area (TPSA) is 28.7 Å². The van der Waals surface area contributed by atoms with Crippen LogP contribution in [0.1, 0.15) is 26.5 Å². The number of aromatic nitrogens is 2. The lowest BCUT2D eigenvalue weighted by atomic mass is 9.92. The van der Waals surface area contributed by atoms with Crippen molar-refractivity contribution in [2.45, 2.75) is 26.2 Å². The SMILES string of the molecule is CC(C)(C)c1cc(-c2ccc(-c3ccc4c(c3)sc3ccccc34)cc2)n[nH]1. The lowest BCUT2D eigenvalue weighted by Crippen LogP contribution is -2.11. The van der Waals surface area contributed by atoms with E-state index in [9.17, 15) is 0 Å². The van der Waals surface area contributed by atoms with Gasteiger partial charge < -0.3 is 0 Å². The molecule has 28 heavy (non-hydrogen) atoms. The highest BCUT2D eigenvalue weighted by Gasteiger charge is 2.17. The molecule has 0 amide bonds. The molecule has 2 nitrogen and oxygen atoms in total. The number of nitrogens with one attached hydrogen (secondary N) is 1. The van der Waals surface area contributed by atoms with Crippen LogP contribution in [-0.4, -0.2) is 10.2 Å². The van der Waals surface area contributed by atoms with Crippen LogP contribution in [-0.2, 0) is 5.41 Å². The molecule has 0 unspecified atom stereocenters. The van der Waals surface area contributed by atoms with Gasteiger partial charge in [0.15, 0.2) is 0 Å². The van der Waals surface area contributed by atoms with Gasteiger partial charge >= 0.3 is 0 Å². The molecule has 0 saturated carbocycles. The summed E-state index contributed by atoms with van der Waals surface area (Å²) in [5.41, 5.74) is 5.85. The molecule has 3 heteroatoms. The Labute approximate surface area is 168 Å². The van der Waals surface area contributed by atoms with Crippen molar-refractivity contribution in [1.29, 1.82) is 0 Å². The van der Waals surface area contributed by atoms with Crippen LogP contribution < -0.4 is 0 Å². The van der Waals surface area contributed by atoms with Gasteiger partial charge in [-0.25, -0.2) is 0 Å². The average Bonchev–Trinajstić information content (AvgIpc) is 3.32. The minimum Gasteiger partial charge on any atom is -0.281 e. The Kier molecular flexibility index (Phi) is 3.88. The lowest BCUT2D eigenvalue weighted by Gasteiger charge is -2.14. The second kappa shape index (κ2) is 6.32. The quantitative estimate of drug-likeness (QED) is 0.338. The highest BCUT2D eigenvalue weighted by molar-refractivity contribution is 7.25. The van der Waals surface area contributed by atoms with Crippen LogP contribution >= 0.6 is 11.3 Å². The minimum absolute atomic E-state index is 0.0743. The summed E-state index contributed by atoms with van der Waals surface area (Å²) in [4.78, 5) is 0. The van der Waals surface area contributed by atoms with Crippen LogP contribution in [0.15, 0.2) is 72.8 Å². The molecule has 0 radical (unpaired) electrons. The van der Waals surface area contributed by atoms with E-state index in [1.807, 2.05) is 11.3 Å². The van der Waals surface area contributed by atoms with Gasteiger partial charge in [-0.2, -0.15) is 5.10 Å². The number of fused-ring (bicyclic) bond motifs is 3. The fourth-order valence-corrected chi connectivity index (χ4v) is 4.74. The molecule has 138 valence electrons. The highest BCUT2D eigenvalue weighted by Crippen LogP contribution is 2.36. The van der Waals surface area contributed by atoms with Crippen LogP contribution in [0.25, 0.3) is 42.6 Å². The van der Waals surface area contributed by atoms with Crippen LogP contribution in [0.4, 0.5) is 0 Å². The maximum atomic E-state index is 4.50. The van der Waals surface area contributed by atoms with E-state index in [2.05, 4.69) is 104 Å². The monoisotopic (exact) mass is 382 g/mol. The van der Waals surface area contributed by atoms with Gasteiger partial charge in [0.2, 0.25) is 0 Å². The third kappa shape index (κ3) is 2.92. The van der Waals surface area contributed by atoms with Crippen LogP contribution in [0, 0.1) is 0 Å². The van der Waals surface area contributed by atoms with Gasteiger partial charge in [-0.1, -0.05) is 75.4 Å². The molecular weight excluding hydrogens is 360 g/mol. The number of H-pyrrole nitrogens is 1. The summed E-state index contributed by atoms with van der Waals surface area (Å²) >= 11 is 1.86. The van der Waals surface area contributed by atoms with Crippen molar-refractivity contribution >= 4 is 31.5 Å². The van der Waals surface area contributed by atoms with E-state index in [1.54, 1.807) is 0 Å². The molecule has 5 rings (SSSR count). The third-order valence-electron chi connectivity index (χ3n) is 5.28. The summed E-state index contributed by atoms with van der Waals surface area (Å²) in [6.07, 6.45) is 0. The first-order chi connectivity index (χ1) is 13.5. The van der Waals surface area contributed by atoms with E-state index in [0.29, 0.717) is 0 Å². The summed E-state index contributed by atoms with van der Waals surface area (Å²) in [7, 11) is 0. The van der Waals surface area contributed by atoms with Crippen LogP contribution in [0.2, 0.25) is 0 Å². The zero-order valence-corrected chi connectivity index (χ0v) is 17.1. The standard InChI is InChI=1S/C25H22N2S/c1-25(2,3)24-15-21(26-27-24)17-10-8-16(9-11-17)18-12-13-20-19-6-4-5-7-22(19)28-23(20)14-18/h4-15H,1-3H3,(H,26,27). The van der Waals surface area contributed by atoms with Crippen molar-refractivity contribution in [3.63, 3.8) is 0 Å². The van der Waals surface area contributed by atoms with Gasteiger partial charge in [0.1, 0.15) is 0 Å². The Hall–Kier alpha value is -2.91. The molecule has 5 aromatic rings. The van der Waals surface area contributed by atoms with E-state index in [-0.39, 0.29) is 5.41 Å². The van der Waals surface area contributed by atoms with Crippen LogP contribution in [0.3, 0.4) is 0 Å². The molecule has 0 atom stereocenters. The molecule has 0 aliphatic rings. The van der Waals surface area contributed by atoms with Gasteiger partial charge in [-0.3, -0.25) is 5.10 Å². The fraction of sp³-hybridized carbons (Fsp3) is 0.160. The molecule has 0 bridgehead atoms. The summed E-state index contributed by atoms with van der Waals surface area (Å²) in [5, 5.41) is 10.4. The predicted molar refractivity (Wildman–Crippen MR) is 121 cm³/mol. The summed E-state index contributed by atoms with van der Waals surface area (Å²) in [5.74, 6) is 0. The molecule has 0 saturated heterocycles. The molecular formula is C25H22N2S. The van der Waals surface area contributed by atoms with Crippen molar-refractivity contribution in [1.82, 2.24) is 10.2 Å². The number of aromatic amines is 1. The van der Waals surface area contributed by atoms with Gasteiger partial charge in [0.25, 0.3) is 0 Å². The summed E-state index contributed by atoms with van der Waals surface area (Å²) in [6, 6.07) is 26.3. The van der Waals surface area contributed by atoms with Crippen molar-refractivity contribution in [3.8, 4) is 22.4 Å². The largest absolute Gasteiger partial charge is 0.281 e. The van der Waals surface area contributed by atoms with Gasteiger partial charge in [0.05, 0.1) is 5.69 Å². The van der Waals surface area contributed by atoms with Crippen molar-refractivity contribution in [2.75, 3.05) is 0 Å². The lowest BCUT2D eigenvalue weighted by molar-refractivity contribution is 0.567. The second-order valence-electron chi connectivity index (χ2n) is 8.30. The number of rotatable bonds is 2. The molecule has 0 aliphatic heterocycles. The highest BCUT2D eigenvalue weighted by atomic mass is 32.1. The number of thiophene rings is 1. The molecule has 0 aliphatic carbocycles. The number of hydrogen-bond donors (Lipinski definition) is 1. The first-order valence-corrected chi connectivity index (χ1v) is 10.4. The Bertz CT molecular complexity index is 1280. The van der Waals surface area contributed by atoms with Gasteiger partial charge in [-0.05, 0) is 29.3 Å². The molecule has 3 aromatic carbocycles. The molecule has 2 aromatic heterocycles. The van der Waals surface area contributed by atoms with Crippen molar-refractivity contribution < 1.29 is 0 Å². The van der Waals surface area contributed by atoms with E-state index in [4.69, 9.17) is 0 Å². The maximum Gasteiger partial charge on any atom is 0.0923 e. The van der Waals surface area contributed by atoms with Gasteiger partial charge in [-0.15, -0.1) is 11.3 Å². The predicted octanol–water partition coefficient (Wildman–Crippen LogP) is 7.41. The summed E-state index contributed by atoms with van der Waals surface area (Å²) in [6.45, 7) is 6.58. The Morgan fingerprint density at radius 1 is 0.714 bits per heavy atom. The van der Waals surface area contributed by atoms with E-state index in [1.165, 1.54) is 31.3 Å². The molecule has 2 heterocycles. The van der Waals surface area contributed by atoms with Crippen molar-refractivity contribution in [2.24, 2.45) is 0 Å². The molecule has 0 spiro atoms. The number of nitrogens with zero attached hydrogens (tertiary/aromatic N) is 1. The number of benzene rings is 3. The number of hydrogen-bond acceptors (Lipinski definition) is 2. The average molecular weight is 383 g/mol. The Morgan fingerprint density at radius 3 is 2.14 bits per heavy atom. The van der Waals surface area contributed by atoms with Crippen molar-refractivity contribution in [3.05, 3.63) is 78.5 Å².